The number of hydrogen-bond donors (Lipinski definition) is 1. The number of aromatic hydroxyl groups is 1. The van der Waals surface area contributed by atoms with Crippen molar-refractivity contribution in [2.24, 2.45) is 4.99 Å². The van der Waals surface area contributed by atoms with Crippen LogP contribution in [-0.4, -0.2) is 66.2 Å². The lowest BCUT2D eigenvalue weighted by molar-refractivity contribution is 0.0360. The first-order chi connectivity index (χ1) is 15.5. The van der Waals surface area contributed by atoms with Gasteiger partial charge in [-0.3, -0.25) is 19.3 Å². The van der Waals surface area contributed by atoms with Crippen molar-refractivity contribution in [1.82, 2.24) is 9.47 Å². The zero-order valence-corrected chi connectivity index (χ0v) is 18.2. The van der Waals surface area contributed by atoms with Crippen LogP contribution in [0.2, 0.25) is 0 Å². The lowest BCUT2D eigenvalue weighted by Crippen LogP contribution is -2.39. The number of para-hydroxylation sites is 1. The minimum absolute atomic E-state index is 0.0510. The number of benzene rings is 1. The maximum Gasteiger partial charge on any atom is 0.340 e. The van der Waals surface area contributed by atoms with Crippen molar-refractivity contribution < 1.29 is 19.4 Å². The number of hydrogen-bond acceptors (Lipinski definition) is 8. The highest BCUT2D eigenvalue weighted by atomic mass is 16.5. The number of esters is 1. The molecule has 2 aromatic rings. The molecule has 1 aliphatic heterocycles. The van der Waals surface area contributed by atoms with E-state index in [0.29, 0.717) is 31.0 Å². The van der Waals surface area contributed by atoms with Gasteiger partial charge in [-0.1, -0.05) is 12.1 Å². The molecule has 2 heterocycles. The SMILES string of the molecule is CCOC(=O)c1ccccc1N=Cc1c(C)c(C#N)c(=O)n(CCN2CCOCC2)c1O. The Kier molecular flexibility index (Phi) is 7.76. The monoisotopic (exact) mass is 438 g/mol. The first-order valence-electron chi connectivity index (χ1n) is 10.4. The summed E-state index contributed by atoms with van der Waals surface area (Å²) < 4.78 is 11.6. The summed E-state index contributed by atoms with van der Waals surface area (Å²) in [7, 11) is 0. The molecule has 0 aliphatic carbocycles. The number of nitriles is 1. The van der Waals surface area contributed by atoms with Crippen molar-refractivity contribution in [3.63, 3.8) is 0 Å². The molecule has 0 atom stereocenters. The van der Waals surface area contributed by atoms with Crippen LogP contribution in [0.5, 0.6) is 5.88 Å². The number of aliphatic imine (C=N–C) groups is 1. The van der Waals surface area contributed by atoms with Crippen molar-refractivity contribution in [2.75, 3.05) is 39.5 Å². The van der Waals surface area contributed by atoms with Crippen LogP contribution in [0.1, 0.15) is 34.0 Å². The second kappa shape index (κ2) is 10.7. The molecular formula is C23H26N4O5. The lowest BCUT2D eigenvalue weighted by Gasteiger charge is -2.27. The van der Waals surface area contributed by atoms with E-state index in [1.54, 1.807) is 38.1 Å². The van der Waals surface area contributed by atoms with Gasteiger partial charge in [0.15, 0.2) is 0 Å². The van der Waals surface area contributed by atoms with Crippen LogP contribution in [0.4, 0.5) is 5.69 Å². The molecule has 0 bridgehead atoms. The second-order valence-electron chi connectivity index (χ2n) is 7.26. The molecule has 32 heavy (non-hydrogen) atoms. The van der Waals surface area contributed by atoms with E-state index in [9.17, 15) is 20.0 Å². The number of aromatic nitrogens is 1. The molecule has 0 saturated carbocycles. The minimum atomic E-state index is -0.542. The van der Waals surface area contributed by atoms with Crippen LogP contribution < -0.4 is 5.56 Å². The molecule has 9 heteroatoms. The van der Waals surface area contributed by atoms with E-state index in [0.717, 1.165) is 13.1 Å². The molecule has 1 saturated heterocycles. The van der Waals surface area contributed by atoms with E-state index in [2.05, 4.69) is 9.89 Å². The van der Waals surface area contributed by atoms with Gasteiger partial charge in [-0.05, 0) is 31.5 Å². The van der Waals surface area contributed by atoms with Crippen LogP contribution in [-0.2, 0) is 16.0 Å². The summed E-state index contributed by atoms with van der Waals surface area (Å²) in [4.78, 5) is 31.5. The normalized spacial score (nSPS) is 14.4. The third kappa shape index (κ3) is 5.04. The van der Waals surface area contributed by atoms with Crippen LogP contribution in [0.15, 0.2) is 34.1 Å². The first kappa shape index (κ1) is 23.2. The number of rotatable bonds is 7. The van der Waals surface area contributed by atoms with Gasteiger partial charge in [0.1, 0.15) is 11.6 Å². The zero-order valence-electron chi connectivity index (χ0n) is 18.2. The molecule has 1 fully saturated rings. The summed E-state index contributed by atoms with van der Waals surface area (Å²) in [5.41, 5.74) is 0.625. The Morgan fingerprint density at radius 1 is 1.31 bits per heavy atom. The highest BCUT2D eigenvalue weighted by Gasteiger charge is 2.20. The van der Waals surface area contributed by atoms with E-state index in [-0.39, 0.29) is 35.7 Å². The molecule has 0 amide bonds. The van der Waals surface area contributed by atoms with Gasteiger partial charge in [0, 0.05) is 32.4 Å². The number of ether oxygens (including phenoxy) is 2. The number of carbonyl (C=O) groups is 1. The average molecular weight is 438 g/mol. The summed E-state index contributed by atoms with van der Waals surface area (Å²) >= 11 is 0. The predicted octanol–water partition coefficient (Wildman–Crippen LogP) is 1.99. The Morgan fingerprint density at radius 2 is 2.03 bits per heavy atom. The molecule has 1 aromatic carbocycles. The van der Waals surface area contributed by atoms with Crippen molar-refractivity contribution in [2.45, 2.75) is 20.4 Å². The van der Waals surface area contributed by atoms with Gasteiger partial charge >= 0.3 is 5.97 Å². The Morgan fingerprint density at radius 3 is 2.72 bits per heavy atom. The smallest absolute Gasteiger partial charge is 0.340 e. The highest BCUT2D eigenvalue weighted by molar-refractivity contribution is 5.97. The van der Waals surface area contributed by atoms with Gasteiger partial charge in [-0.25, -0.2) is 4.79 Å². The predicted molar refractivity (Wildman–Crippen MR) is 119 cm³/mol. The Hall–Kier alpha value is -3.48. The summed E-state index contributed by atoms with van der Waals surface area (Å²) in [5.74, 6) is -0.772. The van der Waals surface area contributed by atoms with E-state index in [1.807, 2.05) is 6.07 Å². The average Bonchev–Trinajstić information content (AvgIpc) is 2.80. The van der Waals surface area contributed by atoms with Crippen molar-refractivity contribution in [3.8, 4) is 11.9 Å². The quantitative estimate of drug-likeness (QED) is 0.519. The molecule has 9 nitrogen and oxygen atoms in total. The molecule has 0 unspecified atom stereocenters. The molecule has 1 N–H and O–H groups in total. The van der Waals surface area contributed by atoms with Gasteiger partial charge in [0.25, 0.3) is 5.56 Å². The van der Waals surface area contributed by atoms with Crippen molar-refractivity contribution in [1.29, 1.82) is 5.26 Å². The number of morpholine rings is 1. The Labute approximate surface area is 186 Å². The topological polar surface area (TPSA) is 117 Å². The van der Waals surface area contributed by atoms with E-state index >= 15 is 0 Å². The fourth-order valence-corrected chi connectivity index (χ4v) is 3.50. The zero-order chi connectivity index (χ0) is 23.1. The second-order valence-corrected chi connectivity index (χ2v) is 7.26. The van der Waals surface area contributed by atoms with Crippen LogP contribution in [0, 0.1) is 18.3 Å². The van der Waals surface area contributed by atoms with Crippen LogP contribution in [0.25, 0.3) is 0 Å². The van der Waals surface area contributed by atoms with Crippen molar-refractivity contribution in [3.05, 3.63) is 56.9 Å². The Bertz CT molecular complexity index is 1110. The first-order valence-corrected chi connectivity index (χ1v) is 10.4. The summed E-state index contributed by atoms with van der Waals surface area (Å²) in [6.07, 6.45) is 1.37. The van der Waals surface area contributed by atoms with Gasteiger partial charge in [0.2, 0.25) is 5.88 Å². The van der Waals surface area contributed by atoms with Crippen LogP contribution in [0.3, 0.4) is 0 Å². The van der Waals surface area contributed by atoms with E-state index in [1.165, 1.54) is 10.8 Å². The maximum atomic E-state index is 12.8. The Balaban J connectivity index is 1.97. The molecular weight excluding hydrogens is 412 g/mol. The maximum absolute atomic E-state index is 12.8. The molecule has 1 aromatic heterocycles. The third-order valence-corrected chi connectivity index (χ3v) is 5.32. The van der Waals surface area contributed by atoms with Crippen molar-refractivity contribution >= 4 is 17.9 Å². The fourth-order valence-electron chi connectivity index (χ4n) is 3.50. The summed E-state index contributed by atoms with van der Waals surface area (Å²) in [5, 5.41) is 20.4. The number of pyridine rings is 1. The molecule has 0 spiro atoms. The molecule has 168 valence electrons. The number of nitrogens with zero attached hydrogens (tertiary/aromatic N) is 4. The minimum Gasteiger partial charge on any atom is -0.494 e. The van der Waals surface area contributed by atoms with E-state index < -0.39 is 11.5 Å². The largest absolute Gasteiger partial charge is 0.494 e. The molecule has 1 aliphatic rings. The molecule has 0 radical (unpaired) electrons. The van der Waals surface area contributed by atoms with Gasteiger partial charge < -0.3 is 14.6 Å². The lowest BCUT2D eigenvalue weighted by atomic mass is 10.1. The van der Waals surface area contributed by atoms with Crippen LogP contribution >= 0.6 is 0 Å². The highest BCUT2D eigenvalue weighted by Crippen LogP contribution is 2.23. The standard InChI is InChI=1S/C23H26N4O5/c1-3-32-23(30)17-6-4-5-7-20(17)25-15-19-16(2)18(14-24)21(28)27(22(19)29)9-8-26-10-12-31-13-11-26/h4-7,15,29H,3,8-13H2,1-2H3. The third-order valence-electron chi connectivity index (χ3n) is 5.32. The summed E-state index contributed by atoms with van der Waals surface area (Å²) in [6, 6.07) is 8.62. The summed E-state index contributed by atoms with van der Waals surface area (Å²) in [6.45, 7) is 7.02. The van der Waals surface area contributed by atoms with E-state index in [4.69, 9.17) is 9.47 Å². The van der Waals surface area contributed by atoms with Gasteiger partial charge in [-0.2, -0.15) is 5.26 Å². The van der Waals surface area contributed by atoms with Gasteiger partial charge in [0.05, 0.1) is 36.6 Å². The number of carbonyl (C=O) groups excluding carboxylic acids is 1. The van der Waals surface area contributed by atoms with Gasteiger partial charge in [-0.15, -0.1) is 0 Å². The molecule has 3 rings (SSSR count). The fraction of sp³-hybridized carbons (Fsp3) is 0.391.